The number of rotatable bonds is 6. The van der Waals surface area contributed by atoms with Gasteiger partial charge in [-0.2, -0.15) is 0 Å². The van der Waals surface area contributed by atoms with E-state index in [1.54, 1.807) is 12.3 Å². The molecular formula is C17H22N4O2. The number of aliphatic hydroxyl groups is 1. The molecule has 23 heavy (non-hydrogen) atoms. The predicted octanol–water partition coefficient (Wildman–Crippen LogP) is 2.39. The van der Waals surface area contributed by atoms with E-state index in [1.807, 2.05) is 55.4 Å². The molecule has 0 saturated carbocycles. The summed E-state index contributed by atoms with van der Waals surface area (Å²) in [6, 6.07) is 12.6. The van der Waals surface area contributed by atoms with Gasteiger partial charge in [0.2, 0.25) is 0 Å². The summed E-state index contributed by atoms with van der Waals surface area (Å²) in [5, 5.41) is 14.8. The monoisotopic (exact) mass is 314 g/mol. The van der Waals surface area contributed by atoms with E-state index >= 15 is 0 Å². The van der Waals surface area contributed by atoms with Crippen LogP contribution in [-0.2, 0) is 0 Å². The average molecular weight is 314 g/mol. The van der Waals surface area contributed by atoms with E-state index in [-0.39, 0.29) is 18.7 Å². The molecule has 0 aliphatic rings. The second-order valence-corrected chi connectivity index (χ2v) is 5.37. The van der Waals surface area contributed by atoms with Gasteiger partial charge in [0.1, 0.15) is 5.82 Å². The van der Waals surface area contributed by atoms with E-state index < -0.39 is 0 Å². The Morgan fingerprint density at radius 3 is 2.52 bits per heavy atom. The van der Waals surface area contributed by atoms with Crippen molar-refractivity contribution in [2.75, 3.05) is 30.9 Å². The summed E-state index contributed by atoms with van der Waals surface area (Å²) in [5.41, 5.74) is 1.57. The summed E-state index contributed by atoms with van der Waals surface area (Å²) in [6.45, 7) is -0.00106. The van der Waals surface area contributed by atoms with Gasteiger partial charge in [-0.1, -0.05) is 30.3 Å². The van der Waals surface area contributed by atoms with Crippen LogP contribution in [0.5, 0.6) is 0 Å². The highest BCUT2D eigenvalue weighted by Gasteiger charge is 2.14. The van der Waals surface area contributed by atoms with Crippen molar-refractivity contribution < 1.29 is 9.90 Å². The molecule has 0 saturated heterocycles. The molecule has 1 heterocycles. The summed E-state index contributed by atoms with van der Waals surface area (Å²) in [5.74, 6) is 0.818. The third-order valence-electron chi connectivity index (χ3n) is 3.39. The van der Waals surface area contributed by atoms with Crippen molar-refractivity contribution in [3.05, 3.63) is 54.2 Å². The zero-order valence-corrected chi connectivity index (χ0v) is 13.4. The van der Waals surface area contributed by atoms with E-state index in [0.717, 1.165) is 11.4 Å². The molecule has 2 rings (SSSR count). The molecule has 0 bridgehead atoms. The van der Waals surface area contributed by atoms with Gasteiger partial charge in [-0.15, -0.1) is 0 Å². The fraction of sp³-hybridized carbons (Fsp3) is 0.294. The van der Waals surface area contributed by atoms with Crippen molar-refractivity contribution in [1.82, 2.24) is 10.3 Å². The molecule has 0 spiro atoms. The van der Waals surface area contributed by atoms with E-state index in [4.69, 9.17) is 0 Å². The number of hydrogen-bond acceptors (Lipinski definition) is 4. The number of aliphatic hydroxyl groups excluding tert-OH is 1. The number of aromatic nitrogens is 1. The highest BCUT2D eigenvalue weighted by Crippen LogP contribution is 2.17. The van der Waals surface area contributed by atoms with Crippen molar-refractivity contribution in [1.29, 1.82) is 0 Å². The Labute approximate surface area is 136 Å². The maximum absolute atomic E-state index is 12.1. The van der Waals surface area contributed by atoms with E-state index in [0.29, 0.717) is 12.1 Å². The van der Waals surface area contributed by atoms with Gasteiger partial charge >= 0.3 is 6.03 Å². The maximum Gasteiger partial charge on any atom is 0.319 e. The minimum Gasteiger partial charge on any atom is -0.396 e. The number of carbonyl (C=O) groups is 1. The summed E-state index contributed by atoms with van der Waals surface area (Å²) >= 11 is 0. The number of hydrogen-bond donors (Lipinski definition) is 3. The van der Waals surface area contributed by atoms with Crippen LogP contribution in [-0.4, -0.2) is 36.8 Å². The normalized spacial score (nSPS) is 11.6. The fourth-order valence-electron chi connectivity index (χ4n) is 2.19. The van der Waals surface area contributed by atoms with Gasteiger partial charge in [-0.25, -0.2) is 9.78 Å². The van der Waals surface area contributed by atoms with Crippen LogP contribution in [0, 0.1) is 0 Å². The van der Waals surface area contributed by atoms with E-state index in [2.05, 4.69) is 15.6 Å². The van der Waals surface area contributed by atoms with Crippen molar-refractivity contribution >= 4 is 17.5 Å². The number of nitrogens with one attached hydrogen (secondary N) is 2. The van der Waals surface area contributed by atoms with E-state index in [9.17, 15) is 9.90 Å². The molecule has 1 atom stereocenters. The highest BCUT2D eigenvalue weighted by atomic mass is 16.3. The van der Waals surface area contributed by atoms with Crippen LogP contribution < -0.4 is 15.5 Å². The van der Waals surface area contributed by atoms with Crippen molar-refractivity contribution in [3.8, 4) is 0 Å². The lowest BCUT2D eigenvalue weighted by Crippen LogP contribution is -2.33. The SMILES string of the molecule is CN(C)c1ccc(NC(=O)N[C@H](CCO)c2ccccc2)cn1. The van der Waals surface area contributed by atoms with Crippen LogP contribution in [0.15, 0.2) is 48.7 Å². The third-order valence-corrected chi connectivity index (χ3v) is 3.39. The van der Waals surface area contributed by atoms with Crippen molar-refractivity contribution in [3.63, 3.8) is 0 Å². The molecular weight excluding hydrogens is 292 g/mol. The standard InChI is InChI=1S/C17H22N4O2/c1-21(2)16-9-8-14(12-18-16)19-17(23)20-15(10-11-22)13-6-4-3-5-7-13/h3-9,12,15,22H,10-11H2,1-2H3,(H2,19,20,23)/t15-/m1/s1. The van der Waals surface area contributed by atoms with Crippen LogP contribution in [0.4, 0.5) is 16.3 Å². The molecule has 0 radical (unpaired) electrons. The number of carbonyl (C=O) groups excluding carboxylic acids is 1. The minimum atomic E-state index is -0.327. The van der Waals surface area contributed by atoms with Gasteiger partial charge in [0.05, 0.1) is 17.9 Å². The molecule has 3 N–H and O–H groups in total. The van der Waals surface area contributed by atoms with Gasteiger partial charge in [0.15, 0.2) is 0 Å². The quantitative estimate of drug-likeness (QED) is 0.765. The third kappa shape index (κ3) is 4.96. The number of benzene rings is 1. The Morgan fingerprint density at radius 2 is 1.96 bits per heavy atom. The Kier molecular flexibility index (Phi) is 5.94. The number of pyridine rings is 1. The largest absolute Gasteiger partial charge is 0.396 e. The smallest absolute Gasteiger partial charge is 0.319 e. The Morgan fingerprint density at radius 1 is 1.22 bits per heavy atom. The molecule has 0 fully saturated rings. The maximum atomic E-state index is 12.1. The number of anilines is 2. The molecule has 0 aliphatic heterocycles. The fourth-order valence-corrected chi connectivity index (χ4v) is 2.19. The minimum absolute atomic E-state index is 0.00106. The molecule has 6 heteroatoms. The van der Waals surface area contributed by atoms with Crippen LogP contribution in [0.2, 0.25) is 0 Å². The predicted molar refractivity (Wildman–Crippen MR) is 91.6 cm³/mol. The molecule has 122 valence electrons. The van der Waals surface area contributed by atoms with Crippen LogP contribution in [0.25, 0.3) is 0 Å². The van der Waals surface area contributed by atoms with Gasteiger partial charge in [0.25, 0.3) is 0 Å². The summed E-state index contributed by atoms with van der Waals surface area (Å²) in [6.07, 6.45) is 2.06. The van der Waals surface area contributed by atoms with Gasteiger partial charge in [-0.05, 0) is 24.1 Å². The zero-order chi connectivity index (χ0) is 16.7. The lowest BCUT2D eigenvalue weighted by molar-refractivity contribution is 0.239. The number of urea groups is 1. The van der Waals surface area contributed by atoms with E-state index in [1.165, 1.54) is 0 Å². The van der Waals surface area contributed by atoms with Crippen molar-refractivity contribution in [2.24, 2.45) is 0 Å². The molecule has 2 aromatic rings. The summed E-state index contributed by atoms with van der Waals surface area (Å²) in [4.78, 5) is 18.3. The Hall–Kier alpha value is -2.60. The summed E-state index contributed by atoms with van der Waals surface area (Å²) < 4.78 is 0. The second kappa shape index (κ2) is 8.14. The molecule has 2 amide bonds. The molecule has 6 nitrogen and oxygen atoms in total. The first-order valence-corrected chi connectivity index (χ1v) is 7.47. The average Bonchev–Trinajstić information content (AvgIpc) is 2.55. The lowest BCUT2D eigenvalue weighted by atomic mass is 10.0. The molecule has 0 unspecified atom stereocenters. The Bertz CT molecular complexity index is 614. The molecule has 0 aliphatic carbocycles. The first kappa shape index (κ1) is 16.8. The van der Waals surface area contributed by atoms with Crippen LogP contribution in [0.3, 0.4) is 0 Å². The van der Waals surface area contributed by atoms with Gasteiger partial charge in [-0.3, -0.25) is 0 Å². The highest BCUT2D eigenvalue weighted by molar-refractivity contribution is 5.89. The summed E-state index contributed by atoms with van der Waals surface area (Å²) in [7, 11) is 3.81. The zero-order valence-electron chi connectivity index (χ0n) is 13.4. The second-order valence-electron chi connectivity index (χ2n) is 5.37. The lowest BCUT2D eigenvalue weighted by Gasteiger charge is -2.19. The van der Waals surface area contributed by atoms with Gasteiger partial charge in [0, 0.05) is 20.7 Å². The van der Waals surface area contributed by atoms with Crippen LogP contribution in [0.1, 0.15) is 18.0 Å². The first-order chi connectivity index (χ1) is 11.1. The molecule has 1 aromatic carbocycles. The number of amides is 2. The topological polar surface area (TPSA) is 77.5 Å². The van der Waals surface area contributed by atoms with Crippen molar-refractivity contribution in [2.45, 2.75) is 12.5 Å². The molecule has 1 aromatic heterocycles. The Balaban J connectivity index is 1.99. The van der Waals surface area contributed by atoms with Gasteiger partial charge < -0.3 is 20.6 Å². The van der Waals surface area contributed by atoms with Crippen LogP contribution >= 0.6 is 0 Å². The first-order valence-electron chi connectivity index (χ1n) is 7.47. The number of nitrogens with zero attached hydrogens (tertiary/aromatic N) is 2.